The van der Waals surface area contributed by atoms with Gasteiger partial charge in [-0.15, -0.1) is 0 Å². The van der Waals surface area contributed by atoms with Gasteiger partial charge in [-0.1, -0.05) is 218 Å². The standard InChI is InChI=1S/C66H48N2/c1-45-19-15-33-57(49-25-11-5-12-26-49)65(45)67(55-31-17-29-53(43-55)47-21-7-3-8-22-47)61-41-37-51-36-40-60-62(42-38-52-35-39-59(61)63(51)64(52)60)68(56-32-18-30-54(44-56)48-23-9-4-10-24-48)66-46(2)20-16-34-58(66)50-27-13-6-14-28-50/h3-44H,1-2H3. The molecule has 12 aromatic rings. The van der Waals surface area contributed by atoms with Gasteiger partial charge in [0, 0.05) is 33.3 Å². The minimum Gasteiger partial charge on any atom is -0.309 e. The van der Waals surface area contributed by atoms with Crippen LogP contribution in [0.1, 0.15) is 11.1 Å². The van der Waals surface area contributed by atoms with E-state index in [4.69, 9.17) is 0 Å². The van der Waals surface area contributed by atoms with Crippen LogP contribution >= 0.6 is 0 Å². The molecule has 0 atom stereocenters. The second-order valence-corrected chi connectivity index (χ2v) is 17.8. The van der Waals surface area contributed by atoms with Gasteiger partial charge in [-0.25, -0.2) is 0 Å². The minimum absolute atomic E-state index is 1.10. The SMILES string of the molecule is Cc1cccc(-c2ccccc2)c1N(c1cccc(-c2ccccc2)c1)c1ccc2ccc3c(N(c4cccc(-c5ccccc5)c4)c4c(C)cccc4-c4ccccc4)ccc4ccc1c2c43. The summed E-state index contributed by atoms with van der Waals surface area (Å²) in [6.07, 6.45) is 0. The molecule has 0 aliphatic carbocycles. The third kappa shape index (κ3) is 7.15. The Hall–Kier alpha value is -8.72. The number of rotatable bonds is 10. The Morgan fingerprint density at radius 1 is 0.265 bits per heavy atom. The minimum atomic E-state index is 1.10. The van der Waals surface area contributed by atoms with E-state index >= 15 is 0 Å². The van der Waals surface area contributed by atoms with Crippen molar-refractivity contribution in [2.45, 2.75) is 13.8 Å². The van der Waals surface area contributed by atoms with Gasteiger partial charge in [-0.05, 0) is 116 Å². The van der Waals surface area contributed by atoms with Gasteiger partial charge >= 0.3 is 0 Å². The molecule has 0 fully saturated rings. The first kappa shape index (κ1) is 40.8. The van der Waals surface area contributed by atoms with Crippen LogP contribution in [0.5, 0.6) is 0 Å². The van der Waals surface area contributed by atoms with Gasteiger partial charge in [0.15, 0.2) is 0 Å². The van der Waals surface area contributed by atoms with Crippen LogP contribution in [0.3, 0.4) is 0 Å². The number of benzene rings is 12. The van der Waals surface area contributed by atoms with Crippen LogP contribution in [0, 0.1) is 13.8 Å². The normalized spacial score (nSPS) is 11.4. The summed E-state index contributed by atoms with van der Waals surface area (Å²) in [6, 6.07) is 93.2. The van der Waals surface area contributed by atoms with Crippen molar-refractivity contribution in [3.05, 3.63) is 266 Å². The summed E-state index contributed by atoms with van der Waals surface area (Å²) in [5.41, 5.74) is 18.6. The highest BCUT2D eigenvalue weighted by Crippen LogP contribution is 2.51. The zero-order valence-electron chi connectivity index (χ0n) is 38.1. The molecule has 0 heterocycles. The predicted molar refractivity (Wildman–Crippen MR) is 291 cm³/mol. The molecule has 68 heavy (non-hydrogen) atoms. The first-order chi connectivity index (χ1) is 33.6. The van der Waals surface area contributed by atoms with Gasteiger partial charge in [-0.2, -0.15) is 0 Å². The molecule has 0 aromatic heterocycles. The molecule has 0 spiro atoms. The van der Waals surface area contributed by atoms with E-state index in [9.17, 15) is 0 Å². The van der Waals surface area contributed by atoms with Crippen molar-refractivity contribution < 1.29 is 0 Å². The number of nitrogens with zero attached hydrogens (tertiary/aromatic N) is 2. The van der Waals surface area contributed by atoms with E-state index in [0.717, 1.165) is 34.1 Å². The topological polar surface area (TPSA) is 6.48 Å². The van der Waals surface area contributed by atoms with Gasteiger partial charge in [0.05, 0.1) is 22.7 Å². The van der Waals surface area contributed by atoms with Crippen LogP contribution < -0.4 is 9.80 Å². The van der Waals surface area contributed by atoms with Crippen LogP contribution in [0.15, 0.2) is 255 Å². The third-order valence-corrected chi connectivity index (χ3v) is 13.6. The van der Waals surface area contributed by atoms with E-state index in [0.29, 0.717) is 0 Å². The molecule has 2 nitrogen and oxygen atoms in total. The highest BCUT2D eigenvalue weighted by Gasteiger charge is 2.26. The first-order valence-corrected chi connectivity index (χ1v) is 23.5. The fourth-order valence-corrected chi connectivity index (χ4v) is 10.5. The highest BCUT2D eigenvalue weighted by atomic mass is 15.2. The molecular weight excluding hydrogens is 821 g/mol. The summed E-state index contributed by atoms with van der Waals surface area (Å²) in [5, 5.41) is 7.33. The van der Waals surface area contributed by atoms with Crippen LogP contribution in [0.25, 0.3) is 76.8 Å². The zero-order chi connectivity index (χ0) is 45.6. The maximum absolute atomic E-state index is 2.51. The molecule has 0 unspecified atom stereocenters. The molecular formula is C66H48N2. The molecule has 0 bridgehead atoms. The Morgan fingerprint density at radius 3 is 1.00 bits per heavy atom. The Kier molecular flexibility index (Phi) is 10.3. The molecule has 2 heteroatoms. The van der Waals surface area contributed by atoms with Gasteiger partial charge in [0.25, 0.3) is 0 Å². The van der Waals surface area contributed by atoms with Gasteiger partial charge in [-0.3, -0.25) is 0 Å². The van der Waals surface area contributed by atoms with E-state index in [1.165, 1.54) is 88.0 Å². The van der Waals surface area contributed by atoms with Crippen molar-refractivity contribution in [3.63, 3.8) is 0 Å². The highest BCUT2D eigenvalue weighted by molar-refractivity contribution is 6.28. The summed E-state index contributed by atoms with van der Waals surface area (Å²) < 4.78 is 0. The Balaban J connectivity index is 1.13. The van der Waals surface area contributed by atoms with Crippen LogP contribution in [-0.2, 0) is 0 Å². The molecule has 0 saturated carbocycles. The fourth-order valence-electron chi connectivity index (χ4n) is 10.5. The second-order valence-electron chi connectivity index (χ2n) is 17.8. The van der Waals surface area contributed by atoms with Crippen LogP contribution in [0.2, 0.25) is 0 Å². The van der Waals surface area contributed by atoms with Crippen LogP contribution in [-0.4, -0.2) is 0 Å². The van der Waals surface area contributed by atoms with Crippen LogP contribution in [0.4, 0.5) is 34.1 Å². The Morgan fingerprint density at radius 2 is 0.603 bits per heavy atom. The lowest BCUT2D eigenvalue weighted by Gasteiger charge is -2.32. The average Bonchev–Trinajstić information content (AvgIpc) is 3.40. The lowest BCUT2D eigenvalue weighted by molar-refractivity contribution is 1.26. The molecule has 0 amide bonds. The van der Waals surface area contributed by atoms with E-state index in [2.05, 4.69) is 278 Å². The number of aryl methyl sites for hydroxylation is 2. The maximum Gasteiger partial charge on any atom is 0.0569 e. The van der Waals surface area contributed by atoms with E-state index < -0.39 is 0 Å². The lowest BCUT2D eigenvalue weighted by Crippen LogP contribution is -2.14. The predicted octanol–water partition coefficient (Wildman–Crippen LogP) is 18.8. The number of hydrogen-bond acceptors (Lipinski definition) is 2. The van der Waals surface area contributed by atoms with Gasteiger partial charge < -0.3 is 9.80 Å². The molecule has 12 rings (SSSR count). The summed E-state index contributed by atoms with van der Waals surface area (Å²) in [4.78, 5) is 5.02. The molecule has 12 aromatic carbocycles. The van der Waals surface area contributed by atoms with Gasteiger partial charge in [0.2, 0.25) is 0 Å². The van der Waals surface area contributed by atoms with E-state index in [-0.39, 0.29) is 0 Å². The summed E-state index contributed by atoms with van der Waals surface area (Å²) in [5.74, 6) is 0. The quantitative estimate of drug-likeness (QED) is 0.126. The summed E-state index contributed by atoms with van der Waals surface area (Å²) >= 11 is 0. The van der Waals surface area contributed by atoms with Crippen molar-refractivity contribution in [2.75, 3.05) is 9.80 Å². The van der Waals surface area contributed by atoms with Crippen molar-refractivity contribution >= 4 is 66.4 Å². The van der Waals surface area contributed by atoms with Crippen molar-refractivity contribution in [2.24, 2.45) is 0 Å². The van der Waals surface area contributed by atoms with Crippen molar-refractivity contribution in [3.8, 4) is 44.5 Å². The smallest absolute Gasteiger partial charge is 0.0569 e. The number of para-hydroxylation sites is 2. The number of anilines is 6. The summed E-state index contributed by atoms with van der Waals surface area (Å²) in [7, 11) is 0. The first-order valence-electron chi connectivity index (χ1n) is 23.5. The monoisotopic (exact) mass is 868 g/mol. The summed E-state index contributed by atoms with van der Waals surface area (Å²) in [6.45, 7) is 4.49. The van der Waals surface area contributed by atoms with E-state index in [1.807, 2.05) is 0 Å². The molecule has 322 valence electrons. The fraction of sp³-hybridized carbons (Fsp3) is 0.0303. The molecule has 0 radical (unpaired) electrons. The Bertz CT molecular complexity index is 3500. The van der Waals surface area contributed by atoms with Crippen molar-refractivity contribution in [1.82, 2.24) is 0 Å². The third-order valence-electron chi connectivity index (χ3n) is 13.6. The second kappa shape index (κ2) is 17.3. The number of hydrogen-bond donors (Lipinski definition) is 0. The maximum atomic E-state index is 2.51. The molecule has 0 aliphatic heterocycles. The van der Waals surface area contributed by atoms with E-state index in [1.54, 1.807) is 0 Å². The molecule has 0 N–H and O–H groups in total. The molecule has 0 saturated heterocycles. The zero-order valence-corrected chi connectivity index (χ0v) is 38.1. The van der Waals surface area contributed by atoms with Gasteiger partial charge in [0.1, 0.15) is 0 Å². The average molecular weight is 869 g/mol. The largest absolute Gasteiger partial charge is 0.309 e. The molecule has 0 aliphatic rings. The van der Waals surface area contributed by atoms with Crippen molar-refractivity contribution in [1.29, 1.82) is 0 Å². The lowest BCUT2D eigenvalue weighted by atomic mass is 9.90. The Labute approximate surface area is 398 Å².